The second-order valence-corrected chi connectivity index (χ2v) is 4.20. The van der Waals surface area contributed by atoms with Gasteiger partial charge in [-0.2, -0.15) is 0 Å². The number of nitrogens with one attached hydrogen (secondary N) is 1. The number of nitrogens with zero attached hydrogens (tertiary/aromatic N) is 1. The van der Waals surface area contributed by atoms with Gasteiger partial charge in [0.25, 0.3) is 5.91 Å². The molecule has 1 aromatic heterocycles. The number of hydrogen-bond acceptors (Lipinski definition) is 4. The van der Waals surface area contributed by atoms with Crippen molar-refractivity contribution in [1.29, 1.82) is 0 Å². The first-order chi connectivity index (χ1) is 8.25. The van der Waals surface area contributed by atoms with Gasteiger partial charge in [-0.05, 0) is 18.6 Å². The van der Waals surface area contributed by atoms with Crippen molar-refractivity contribution in [2.24, 2.45) is 0 Å². The van der Waals surface area contributed by atoms with Crippen molar-refractivity contribution in [1.82, 2.24) is 10.2 Å². The standard InChI is InChI=1S/C12H18N2O3/c1-10-8-11(17-9-10)12(15)13-2-3-14-4-6-16-7-5-14/h8-9H,2-7H2,1H3,(H,13,15). The molecule has 0 unspecified atom stereocenters. The molecule has 5 heteroatoms. The second-order valence-electron chi connectivity index (χ2n) is 4.20. The third-order valence-electron chi connectivity index (χ3n) is 2.77. The van der Waals surface area contributed by atoms with Crippen LogP contribution < -0.4 is 5.32 Å². The molecule has 0 radical (unpaired) electrons. The summed E-state index contributed by atoms with van der Waals surface area (Å²) in [6.45, 7) is 6.84. The van der Waals surface area contributed by atoms with Gasteiger partial charge in [-0.15, -0.1) is 0 Å². The summed E-state index contributed by atoms with van der Waals surface area (Å²) in [6.07, 6.45) is 1.58. The average molecular weight is 238 g/mol. The Labute approximate surface area is 101 Å². The van der Waals surface area contributed by atoms with Crippen molar-refractivity contribution in [3.63, 3.8) is 0 Å². The topological polar surface area (TPSA) is 54.7 Å². The van der Waals surface area contributed by atoms with Crippen LogP contribution in [0.15, 0.2) is 16.7 Å². The van der Waals surface area contributed by atoms with E-state index in [0.29, 0.717) is 12.3 Å². The molecule has 94 valence electrons. The number of amides is 1. The summed E-state index contributed by atoms with van der Waals surface area (Å²) in [6, 6.07) is 1.74. The third-order valence-corrected chi connectivity index (χ3v) is 2.77. The number of furan rings is 1. The molecule has 1 amide bonds. The first-order valence-electron chi connectivity index (χ1n) is 5.89. The molecule has 2 rings (SSSR count). The summed E-state index contributed by atoms with van der Waals surface area (Å²) in [5, 5.41) is 2.84. The molecule has 1 fully saturated rings. The van der Waals surface area contributed by atoms with Crippen molar-refractivity contribution in [3.05, 3.63) is 23.7 Å². The number of ether oxygens (including phenoxy) is 1. The van der Waals surface area contributed by atoms with Gasteiger partial charge in [0.2, 0.25) is 0 Å². The molecule has 1 aromatic rings. The normalized spacial score (nSPS) is 17.0. The number of hydrogen-bond donors (Lipinski definition) is 1. The fourth-order valence-corrected chi connectivity index (χ4v) is 1.79. The van der Waals surface area contributed by atoms with E-state index in [1.165, 1.54) is 0 Å². The van der Waals surface area contributed by atoms with Crippen molar-refractivity contribution < 1.29 is 13.9 Å². The molecular formula is C12H18N2O3. The predicted molar refractivity (Wildman–Crippen MR) is 63.0 cm³/mol. The fraction of sp³-hybridized carbons (Fsp3) is 0.583. The lowest BCUT2D eigenvalue weighted by Gasteiger charge is -2.26. The smallest absolute Gasteiger partial charge is 0.287 e. The van der Waals surface area contributed by atoms with E-state index in [9.17, 15) is 4.79 Å². The van der Waals surface area contributed by atoms with Crippen LogP contribution in [-0.4, -0.2) is 50.2 Å². The molecule has 0 spiro atoms. The summed E-state index contributed by atoms with van der Waals surface area (Å²) in [5.41, 5.74) is 0.961. The Morgan fingerprint density at radius 1 is 1.47 bits per heavy atom. The Hall–Kier alpha value is -1.33. The monoisotopic (exact) mass is 238 g/mol. The zero-order valence-corrected chi connectivity index (χ0v) is 10.1. The van der Waals surface area contributed by atoms with Gasteiger partial charge in [0.15, 0.2) is 5.76 Å². The molecule has 1 aliphatic rings. The Bertz CT molecular complexity index is 370. The maximum Gasteiger partial charge on any atom is 0.287 e. The molecule has 0 aromatic carbocycles. The Morgan fingerprint density at radius 2 is 2.24 bits per heavy atom. The first kappa shape index (κ1) is 12.1. The molecule has 0 atom stereocenters. The SMILES string of the molecule is Cc1coc(C(=O)NCCN2CCOCC2)c1. The van der Waals surface area contributed by atoms with E-state index in [1.807, 2.05) is 6.92 Å². The zero-order chi connectivity index (χ0) is 12.1. The van der Waals surface area contributed by atoms with Crippen LogP contribution in [-0.2, 0) is 4.74 Å². The van der Waals surface area contributed by atoms with Gasteiger partial charge in [0.1, 0.15) is 0 Å². The molecule has 0 aliphatic carbocycles. The fourth-order valence-electron chi connectivity index (χ4n) is 1.79. The highest BCUT2D eigenvalue weighted by molar-refractivity contribution is 5.91. The highest BCUT2D eigenvalue weighted by atomic mass is 16.5. The predicted octanol–water partition coefficient (Wildman–Crippen LogP) is 0.650. The first-order valence-corrected chi connectivity index (χ1v) is 5.89. The zero-order valence-electron chi connectivity index (χ0n) is 10.1. The van der Waals surface area contributed by atoms with E-state index in [4.69, 9.17) is 9.15 Å². The Kier molecular flexibility index (Phi) is 4.17. The number of aryl methyl sites for hydroxylation is 1. The van der Waals surface area contributed by atoms with Crippen molar-refractivity contribution in [2.45, 2.75) is 6.92 Å². The lowest BCUT2D eigenvalue weighted by Crippen LogP contribution is -2.41. The minimum Gasteiger partial charge on any atom is -0.459 e. The van der Waals surface area contributed by atoms with Crippen LogP contribution in [0.3, 0.4) is 0 Å². The van der Waals surface area contributed by atoms with Crippen molar-refractivity contribution in [3.8, 4) is 0 Å². The molecule has 1 aliphatic heterocycles. The minimum absolute atomic E-state index is 0.147. The van der Waals surface area contributed by atoms with Gasteiger partial charge in [-0.3, -0.25) is 9.69 Å². The Morgan fingerprint density at radius 3 is 2.88 bits per heavy atom. The minimum atomic E-state index is -0.147. The van der Waals surface area contributed by atoms with E-state index in [1.54, 1.807) is 12.3 Å². The lowest BCUT2D eigenvalue weighted by atomic mass is 10.3. The van der Waals surface area contributed by atoms with Gasteiger partial charge in [0.05, 0.1) is 19.5 Å². The van der Waals surface area contributed by atoms with E-state index in [2.05, 4.69) is 10.2 Å². The van der Waals surface area contributed by atoms with Crippen molar-refractivity contribution in [2.75, 3.05) is 39.4 Å². The highest BCUT2D eigenvalue weighted by Crippen LogP contribution is 2.05. The van der Waals surface area contributed by atoms with Crippen LogP contribution in [0.1, 0.15) is 16.1 Å². The van der Waals surface area contributed by atoms with Gasteiger partial charge in [0, 0.05) is 26.2 Å². The summed E-state index contributed by atoms with van der Waals surface area (Å²) < 4.78 is 10.4. The maximum atomic E-state index is 11.7. The summed E-state index contributed by atoms with van der Waals surface area (Å²) in [7, 11) is 0. The third kappa shape index (κ3) is 3.57. The molecule has 1 N–H and O–H groups in total. The molecular weight excluding hydrogens is 220 g/mol. The van der Waals surface area contributed by atoms with Crippen molar-refractivity contribution >= 4 is 5.91 Å². The molecule has 5 nitrogen and oxygen atoms in total. The molecule has 1 saturated heterocycles. The lowest BCUT2D eigenvalue weighted by molar-refractivity contribution is 0.0382. The van der Waals surface area contributed by atoms with Gasteiger partial charge >= 0.3 is 0 Å². The summed E-state index contributed by atoms with van der Waals surface area (Å²) >= 11 is 0. The van der Waals surface area contributed by atoms with Crippen LogP contribution in [0.4, 0.5) is 0 Å². The van der Waals surface area contributed by atoms with Gasteiger partial charge in [-0.1, -0.05) is 0 Å². The highest BCUT2D eigenvalue weighted by Gasteiger charge is 2.12. The van der Waals surface area contributed by atoms with Crippen LogP contribution >= 0.6 is 0 Å². The second kappa shape index (κ2) is 5.84. The number of carbonyl (C=O) groups excluding carboxylic acids is 1. The largest absolute Gasteiger partial charge is 0.459 e. The maximum absolute atomic E-state index is 11.7. The number of carbonyl (C=O) groups is 1. The number of morpholine rings is 1. The van der Waals surface area contributed by atoms with Crippen LogP contribution in [0.5, 0.6) is 0 Å². The molecule has 2 heterocycles. The summed E-state index contributed by atoms with van der Waals surface area (Å²) in [5.74, 6) is 0.232. The van der Waals surface area contributed by atoms with E-state index < -0.39 is 0 Å². The Balaban J connectivity index is 1.69. The summed E-state index contributed by atoms with van der Waals surface area (Å²) in [4.78, 5) is 13.9. The quantitative estimate of drug-likeness (QED) is 0.836. The van der Waals surface area contributed by atoms with E-state index >= 15 is 0 Å². The van der Waals surface area contributed by atoms with Crippen LogP contribution in [0, 0.1) is 6.92 Å². The van der Waals surface area contributed by atoms with Gasteiger partial charge < -0.3 is 14.5 Å². The van der Waals surface area contributed by atoms with Crippen LogP contribution in [0.2, 0.25) is 0 Å². The van der Waals surface area contributed by atoms with Gasteiger partial charge in [-0.25, -0.2) is 0 Å². The average Bonchev–Trinajstić information content (AvgIpc) is 2.77. The van der Waals surface area contributed by atoms with E-state index in [-0.39, 0.29) is 5.91 Å². The molecule has 0 saturated carbocycles. The number of rotatable bonds is 4. The molecule has 17 heavy (non-hydrogen) atoms. The molecule has 0 bridgehead atoms. The van der Waals surface area contributed by atoms with Crippen LogP contribution in [0.25, 0.3) is 0 Å². The van der Waals surface area contributed by atoms with E-state index in [0.717, 1.165) is 38.4 Å².